The Kier molecular flexibility index (Phi) is 4.57. The first kappa shape index (κ1) is 14.8. The van der Waals surface area contributed by atoms with E-state index in [2.05, 4.69) is 24.3 Å². The molecule has 0 aromatic heterocycles. The average molecular weight is 293 g/mol. The molecule has 1 aliphatic carbocycles. The smallest absolute Gasteiger partial charge is 0.254 e. The second-order valence-electron chi connectivity index (χ2n) is 6.00. The maximum Gasteiger partial charge on any atom is 0.254 e. The predicted molar refractivity (Wildman–Crippen MR) is 89.9 cm³/mol. The van der Waals surface area contributed by atoms with Crippen LogP contribution >= 0.6 is 0 Å². The lowest BCUT2D eigenvalue weighted by Gasteiger charge is -2.23. The summed E-state index contributed by atoms with van der Waals surface area (Å²) in [6, 6.07) is 16.5. The molecule has 0 heterocycles. The molecule has 0 N–H and O–H groups in total. The number of fused-ring (bicyclic) bond motifs is 1. The Morgan fingerprint density at radius 3 is 2.45 bits per heavy atom. The minimum absolute atomic E-state index is 0.139. The van der Waals surface area contributed by atoms with Crippen LogP contribution in [0.5, 0.6) is 0 Å². The van der Waals surface area contributed by atoms with Gasteiger partial charge < -0.3 is 4.90 Å². The second kappa shape index (κ2) is 6.78. The molecule has 2 aromatic carbocycles. The normalized spacial score (nSPS) is 13.5. The lowest BCUT2D eigenvalue weighted by atomic mass is 9.90. The van der Waals surface area contributed by atoms with Crippen molar-refractivity contribution in [3.05, 3.63) is 70.8 Å². The summed E-state index contributed by atoms with van der Waals surface area (Å²) < 4.78 is 0. The van der Waals surface area contributed by atoms with Crippen molar-refractivity contribution in [2.75, 3.05) is 6.54 Å². The number of carbonyl (C=O) groups is 1. The number of amides is 1. The van der Waals surface area contributed by atoms with Crippen molar-refractivity contribution >= 4 is 5.91 Å². The van der Waals surface area contributed by atoms with Gasteiger partial charge in [-0.2, -0.15) is 0 Å². The van der Waals surface area contributed by atoms with Gasteiger partial charge in [-0.1, -0.05) is 36.4 Å². The molecule has 114 valence electrons. The van der Waals surface area contributed by atoms with Crippen LogP contribution in [-0.4, -0.2) is 17.4 Å². The van der Waals surface area contributed by atoms with Gasteiger partial charge in [-0.3, -0.25) is 4.79 Å². The van der Waals surface area contributed by atoms with E-state index in [9.17, 15) is 4.79 Å². The largest absolute Gasteiger partial charge is 0.335 e. The summed E-state index contributed by atoms with van der Waals surface area (Å²) in [5, 5.41) is 0. The molecular formula is C20H23NO. The van der Waals surface area contributed by atoms with E-state index in [1.807, 2.05) is 36.1 Å². The van der Waals surface area contributed by atoms with Crippen LogP contribution in [-0.2, 0) is 19.4 Å². The molecule has 1 amide bonds. The summed E-state index contributed by atoms with van der Waals surface area (Å²) in [5.41, 5.74) is 4.80. The highest BCUT2D eigenvalue weighted by atomic mass is 16.2. The predicted octanol–water partition coefficient (Wildman–Crippen LogP) is 4.23. The topological polar surface area (TPSA) is 20.3 Å². The van der Waals surface area contributed by atoms with Gasteiger partial charge in [0, 0.05) is 18.7 Å². The molecule has 0 spiro atoms. The van der Waals surface area contributed by atoms with Gasteiger partial charge in [0.1, 0.15) is 0 Å². The van der Waals surface area contributed by atoms with E-state index in [1.165, 1.54) is 29.5 Å². The number of hydrogen-bond acceptors (Lipinski definition) is 1. The fraction of sp³-hybridized carbons (Fsp3) is 0.350. The van der Waals surface area contributed by atoms with Crippen LogP contribution in [0.15, 0.2) is 48.5 Å². The Morgan fingerprint density at radius 1 is 1.00 bits per heavy atom. The first-order valence-electron chi connectivity index (χ1n) is 8.23. The summed E-state index contributed by atoms with van der Waals surface area (Å²) in [5.74, 6) is 0.139. The molecule has 0 fully saturated rings. The van der Waals surface area contributed by atoms with Crippen molar-refractivity contribution < 1.29 is 4.79 Å². The molecule has 0 atom stereocenters. The minimum Gasteiger partial charge on any atom is -0.335 e. The average Bonchev–Trinajstić information content (AvgIpc) is 2.59. The number of hydrogen-bond donors (Lipinski definition) is 0. The van der Waals surface area contributed by atoms with Crippen molar-refractivity contribution in [3.63, 3.8) is 0 Å². The molecule has 22 heavy (non-hydrogen) atoms. The lowest BCUT2D eigenvalue weighted by molar-refractivity contribution is 0.0752. The maximum absolute atomic E-state index is 12.8. The van der Waals surface area contributed by atoms with Crippen molar-refractivity contribution in [2.24, 2.45) is 0 Å². The second-order valence-corrected chi connectivity index (χ2v) is 6.00. The molecule has 1 aliphatic rings. The number of carbonyl (C=O) groups excluding carboxylic acids is 1. The summed E-state index contributed by atoms with van der Waals surface area (Å²) in [7, 11) is 0. The maximum atomic E-state index is 12.8. The zero-order valence-electron chi connectivity index (χ0n) is 13.2. The van der Waals surface area contributed by atoms with Crippen LogP contribution in [0.4, 0.5) is 0 Å². The molecule has 0 bridgehead atoms. The third kappa shape index (κ3) is 3.22. The third-order valence-electron chi connectivity index (χ3n) is 4.48. The third-order valence-corrected chi connectivity index (χ3v) is 4.48. The molecule has 2 aromatic rings. The van der Waals surface area contributed by atoms with Crippen molar-refractivity contribution in [1.82, 2.24) is 4.90 Å². The highest BCUT2D eigenvalue weighted by molar-refractivity contribution is 5.94. The van der Waals surface area contributed by atoms with Gasteiger partial charge in [0.2, 0.25) is 0 Å². The lowest BCUT2D eigenvalue weighted by Crippen LogP contribution is -2.30. The Hall–Kier alpha value is -2.09. The van der Waals surface area contributed by atoms with E-state index in [0.717, 1.165) is 24.9 Å². The standard InChI is InChI=1S/C20H23NO/c1-2-21(15-16-8-4-3-5-9-16)20(22)19-13-12-17-10-6-7-11-18(17)14-19/h3-5,8-9,12-14H,2,6-7,10-11,15H2,1H3. The molecule has 2 nitrogen and oxygen atoms in total. The number of nitrogens with zero attached hydrogens (tertiary/aromatic N) is 1. The first-order valence-corrected chi connectivity index (χ1v) is 8.23. The monoisotopic (exact) mass is 293 g/mol. The molecule has 2 heteroatoms. The van der Waals surface area contributed by atoms with Crippen molar-refractivity contribution in [3.8, 4) is 0 Å². The summed E-state index contributed by atoms with van der Waals surface area (Å²) in [6.07, 6.45) is 4.79. The molecule has 0 unspecified atom stereocenters. The van der Waals surface area contributed by atoms with E-state index in [-0.39, 0.29) is 5.91 Å². The summed E-state index contributed by atoms with van der Waals surface area (Å²) in [6.45, 7) is 3.44. The molecule has 0 radical (unpaired) electrons. The van der Waals surface area contributed by atoms with E-state index >= 15 is 0 Å². The minimum atomic E-state index is 0.139. The highest BCUT2D eigenvalue weighted by Crippen LogP contribution is 2.23. The Bertz CT molecular complexity index is 648. The number of aryl methyl sites for hydroxylation is 2. The number of benzene rings is 2. The fourth-order valence-corrected chi connectivity index (χ4v) is 3.18. The number of rotatable bonds is 4. The fourth-order valence-electron chi connectivity index (χ4n) is 3.18. The van der Waals surface area contributed by atoms with E-state index in [0.29, 0.717) is 6.54 Å². The Balaban J connectivity index is 1.79. The molecule has 0 aliphatic heterocycles. The van der Waals surface area contributed by atoms with Gasteiger partial charge in [0.25, 0.3) is 5.91 Å². The first-order chi connectivity index (χ1) is 10.8. The summed E-state index contributed by atoms with van der Waals surface area (Å²) >= 11 is 0. The van der Waals surface area contributed by atoms with E-state index in [4.69, 9.17) is 0 Å². The van der Waals surface area contributed by atoms with Crippen LogP contribution in [0.3, 0.4) is 0 Å². The zero-order valence-corrected chi connectivity index (χ0v) is 13.2. The highest BCUT2D eigenvalue weighted by Gasteiger charge is 2.17. The quantitative estimate of drug-likeness (QED) is 0.826. The van der Waals surface area contributed by atoms with Gasteiger partial charge >= 0.3 is 0 Å². The van der Waals surface area contributed by atoms with Gasteiger partial charge in [0.05, 0.1) is 0 Å². The van der Waals surface area contributed by atoms with Gasteiger partial charge in [-0.25, -0.2) is 0 Å². The van der Waals surface area contributed by atoms with Crippen LogP contribution < -0.4 is 0 Å². The summed E-state index contributed by atoms with van der Waals surface area (Å²) in [4.78, 5) is 14.7. The molecule has 0 saturated carbocycles. The van der Waals surface area contributed by atoms with Crippen LogP contribution in [0.1, 0.15) is 46.8 Å². The van der Waals surface area contributed by atoms with Crippen molar-refractivity contribution in [2.45, 2.75) is 39.2 Å². The molecule has 0 saturated heterocycles. The SMILES string of the molecule is CCN(Cc1ccccc1)C(=O)c1ccc2c(c1)CCCC2. The van der Waals surface area contributed by atoms with E-state index in [1.54, 1.807) is 0 Å². The van der Waals surface area contributed by atoms with Gasteiger partial charge in [0.15, 0.2) is 0 Å². The van der Waals surface area contributed by atoms with Crippen LogP contribution in [0.25, 0.3) is 0 Å². The Labute approximate surface area is 132 Å². The van der Waals surface area contributed by atoms with Gasteiger partial charge in [-0.05, 0) is 61.4 Å². The molecule has 3 rings (SSSR count). The zero-order chi connectivity index (χ0) is 15.4. The molecular weight excluding hydrogens is 270 g/mol. The Morgan fingerprint density at radius 2 is 1.73 bits per heavy atom. The van der Waals surface area contributed by atoms with Crippen LogP contribution in [0, 0.1) is 0 Å². The van der Waals surface area contributed by atoms with Gasteiger partial charge in [-0.15, -0.1) is 0 Å². The van der Waals surface area contributed by atoms with Crippen LogP contribution in [0.2, 0.25) is 0 Å². The van der Waals surface area contributed by atoms with Crippen molar-refractivity contribution in [1.29, 1.82) is 0 Å². The van der Waals surface area contributed by atoms with E-state index < -0.39 is 0 Å².